The number of hydrogen-bond acceptors (Lipinski definition) is 6. The van der Waals surface area contributed by atoms with Gasteiger partial charge in [-0.1, -0.05) is 0 Å². The molecule has 0 radical (unpaired) electrons. The minimum absolute atomic E-state index is 0.0142. The fraction of sp³-hybridized carbons (Fsp3) is 0.125. The molecule has 25 heavy (non-hydrogen) atoms. The van der Waals surface area contributed by atoms with Crippen LogP contribution in [-0.2, 0) is 0 Å². The van der Waals surface area contributed by atoms with Crippen molar-refractivity contribution in [3.63, 3.8) is 0 Å². The number of non-ortho nitro benzene ring substituents is 1. The largest absolute Gasteiger partial charge is 0.497 e. The first-order chi connectivity index (χ1) is 11.9. The number of nitrogens with one attached hydrogen (secondary N) is 2. The molecule has 0 saturated heterocycles. The van der Waals surface area contributed by atoms with Crippen LogP contribution in [0.5, 0.6) is 11.5 Å². The minimum atomic E-state index is -0.538. The standard InChI is InChI=1S/C16H15N3O5S/c1-23-12-6-3-10(4-7-12)15(20)18-16(25)17-13-9-11(19(21)22)5-8-14(13)24-2/h3-9H,1-2H3,(H2,17,18,20,25). The quantitative estimate of drug-likeness (QED) is 0.479. The van der Waals surface area contributed by atoms with Crippen LogP contribution >= 0.6 is 12.2 Å². The molecule has 9 heteroatoms. The van der Waals surface area contributed by atoms with Gasteiger partial charge in [0, 0.05) is 17.7 Å². The SMILES string of the molecule is COc1ccc(C(=O)NC(=S)Nc2cc([N+](=O)[O-])ccc2OC)cc1. The van der Waals surface area contributed by atoms with Crippen LogP contribution in [0.2, 0.25) is 0 Å². The van der Waals surface area contributed by atoms with Crippen molar-refractivity contribution in [1.82, 2.24) is 5.32 Å². The summed E-state index contributed by atoms with van der Waals surface area (Å²) in [5, 5.41) is 16.1. The highest BCUT2D eigenvalue weighted by molar-refractivity contribution is 7.80. The third-order valence-electron chi connectivity index (χ3n) is 3.22. The topological polar surface area (TPSA) is 103 Å². The molecule has 130 valence electrons. The lowest BCUT2D eigenvalue weighted by molar-refractivity contribution is -0.384. The molecule has 0 unspecified atom stereocenters. The molecule has 0 aliphatic rings. The predicted octanol–water partition coefficient (Wildman–Crippen LogP) is 2.74. The van der Waals surface area contributed by atoms with Crippen LogP contribution in [0.25, 0.3) is 0 Å². The molecule has 0 saturated carbocycles. The third-order valence-corrected chi connectivity index (χ3v) is 3.43. The van der Waals surface area contributed by atoms with Crippen molar-refractivity contribution >= 4 is 34.6 Å². The molecular weight excluding hydrogens is 346 g/mol. The fourth-order valence-corrected chi connectivity index (χ4v) is 2.18. The Hall–Kier alpha value is -3.20. The van der Waals surface area contributed by atoms with Gasteiger partial charge < -0.3 is 14.8 Å². The van der Waals surface area contributed by atoms with E-state index in [0.29, 0.717) is 17.1 Å². The second kappa shape index (κ2) is 8.06. The van der Waals surface area contributed by atoms with Gasteiger partial charge in [0.15, 0.2) is 5.11 Å². The number of carbonyl (C=O) groups is 1. The van der Waals surface area contributed by atoms with Crippen molar-refractivity contribution in [1.29, 1.82) is 0 Å². The zero-order valence-electron chi connectivity index (χ0n) is 13.4. The fourth-order valence-electron chi connectivity index (χ4n) is 1.98. The van der Waals surface area contributed by atoms with Crippen LogP contribution in [0.15, 0.2) is 42.5 Å². The van der Waals surface area contributed by atoms with Gasteiger partial charge >= 0.3 is 0 Å². The van der Waals surface area contributed by atoms with Crippen molar-refractivity contribution in [2.45, 2.75) is 0 Å². The molecule has 0 aliphatic heterocycles. The number of ether oxygens (including phenoxy) is 2. The summed E-state index contributed by atoms with van der Waals surface area (Å²) < 4.78 is 10.2. The van der Waals surface area contributed by atoms with Crippen LogP contribution in [0.1, 0.15) is 10.4 Å². The summed E-state index contributed by atoms with van der Waals surface area (Å²) in [5.41, 5.74) is 0.528. The summed E-state index contributed by atoms with van der Waals surface area (Å²) in [4.78, 5) is 22.5. The van der Waals surface area contributed by atoms with Crippen molar-refractivity contribution in [2.75, 3.05) is 19.5 Å². The van der Waals surface area contributed by atoms with Crippen LogP contribution in [0.4, 0.5) is 11.4 Å². The normalized spacial score (nSPS) is 9.84. The highest BCUT2D eigenvalue weighted by Crippen LogP contribution is 2.28. The molecule has 1 amide bonds. The van der Waals surface area contributed by atoms with Crippen LogP contribution in [0, 0.1) is 10.1 Å². The second-order valence-electron chi connectivity index (χ2n) is 4.78. The lowest BCUT2D eigenvalue weighted by Gasteiger charge is -2.12. The number of anilines is 1. The van der Waals surface area contributed by atoms with E-state index in [1.54, 1.807) is 24.3 Å². The van der Waals surface area contributed by atoms with Gasteiger partial charge in [-0.3, -0.25) is 20.2 Å². The van der Waals surface area contributed by atoms with Gasteiger partial charge in [-0.05, 0) is 42.5 Å². The van der Waals surface area contributed by atoms with Gasteiger partial charge in [0.1, 0.15) is 11.5 Å². The van der Waals surface area contributed by atoms with E-state index in [0.717, 1.165) is 0 Å². The Morgan fingerprint density at radius 2 is 1.80 bits per heavy atom. The summed E-state index contributed by atoms with van der Waals surface area (Å²) in [5.74, 6) is 0.551. The third kappa shape index (κ3) is 4.64. The van der Waals surface area contributed by atoms with E-state index in [2.05, 4.69) is 10.6 Å². The van der Waals surface area contributed by atoms with Crippen LogP contribution < -0.4 is 20.1 Å². The molecule has 0 aliphatic carbocycles. The first-order valence-corrected chi connectivity index (χ1v) is 7.44. The molecular formula is C16H15N3O5S. The van der Waals surface area contributed by atoms with Gasteiger partial charge in [-0.25, -0.2) is 0 Å². The Morgan fingerprint density at radius 3 is 2.36 bits per heavy atom. The zero-order chi connectivity index (χ0) is 18.4. The molecule has 0 bridgehead atoms. The Labute approximate surface area is 148 Å². The number of nitro benzene ring substituents is 1. The second-order valence-corrected chi connectivity index (χ2v) is 5.19. The highest BCUT2D eigenvalue weighted by atomic mass is 32.1. The average Bonchev–Trinajstić information content (AvgIpc) is 2.61. The van der Waals surface area contributed by atoms with Crippen molar-refractivity contribution in [3.05, 3.63) is 58.1 Å². The maximum absolute atomic E-state index is 12.2. The Bertz CT molecular complexity index is 808. The Morgan fingerprint density at radius 1 is 1.12 bits per heavy atom. The molecule has 2 N–H and O–H groups in total. The average molecular weight is 361 g/mol. The maximum atomic E-state index is 12.2. The predicted molar refractivity (Wildman–Crippen MR) is 96.3 cm³/mol. The molecule has 8 nitrogen and oxygen atoms in total. The van der Waals surface area contributed by atoms with Gasteiger partial charge in [0.05, 0.1) is 24.8 Å². The van der Waals surface area contributed by atoms with Gasteiger partial charge in [0.2, 0.25) is 0 Å². The number of rotatable bonds is 5. The van der Waals surface area contributed by atoms with E-state index < -0.39 is 10.8 Å². The number of nitro groups is 1. The summed E-state index contributed by atoms with van der Waals surface area (Å²) >= 11 is 5.08. The van der Waals surface area contributed by atoms with E-state index in [9.17, 15) is 14.9 Å². The lowest BCUT2D eigenvalue weighted by Crippen LogP contribution is -2.34. The molecule has 2 rings (SSSR count). The number of thiocarbonyl (C=S) groups is 1. The van der Waals surface area contributed by atoms with E-state index in [-0.39, 0.29) is 16.5 Å². The van der Waals surface area contributed by atoms with E-state index in [1.165, 1.54) is 32.4 Å². The zero-order valence-corrected chi connectivity index (χ0v) is 14.3. The molecule has 0 heterocycles. The summed E-state index contributed by atoms with van der Waals surface area (Å²) in [6.45, 7) is 0. The minimum Gasteiger partial charge on any atom is -0.497 e. The van der Waals surface area contributed by atoms with Crippen molar-refractivity contribution in [2.24, 2.45) is 0 Å². The molecule has 0 aromatic heterocycles. The number of amides is 1. The molecule has 0 spiro atoms. The molecule has 0 fully saturated rings. The van der Waals surface area contributed by atoms with Crippen molar-refractivity contribution in [3.8, 4) is 11.5 Å². The van der Waals surface area contributed by atoms with E-state index in [4.69, 9.17) is 21.7 Å². The van der Waals surface area contributed by atoms with Crippen molar-refractivity contribution < 1.29 is 19.2 Å². The first-order valence-electron chi connectivity index (χ1n) is 7.03. The Balaban J connectivity index is 2.09. The number of nitrogens with zero attached hydrogens (tertiary/aromatic N) is 1. The number of hydrogen-bond donors (Lipinski definition) is 2. The molecule has 0 atom stereocenters. The van der Waals surface area contributed by atoms with Crippen LogP contribution in [-0.4, -0.2) is 30.2 Å². The monoisotopic (exact) mass is 361 g/mol. The maximum Gasteiger partial charge on any atom is 0.271 e. The summed E-state index contributed by atoms with van der Waals surface area (Å²) in [6.07, 6.45) is 0. The van der Waals surface area contributed by atoms with Gasteiger partial charge in [0.25, 0.3) is 11.6 Å². The lowest BCUT2D eigenvalue weighted by atomic mass is 10.2. The summed E-state index contributed by atoms with van der Waals surface area (Å²) in [6, 6.07) is 10.5. The van der Waals surface area contributed by atoms with E-state index in [1.807, 2.05) is 0 Å². The molecule has 2 aromatic carbocycles. The summed E-state index contributed by atoms with van der Waals surface area (Å²) in [7, 11) is 2.95. The van der Waals surface area contributed by atoms with Gasteiger partial charge in [-0.15, -0.1) is 0 Å². The smallest absolute Gasteiger partial charge is 0.271 e. The molecule has 2 aromatic rings. The Kier molecular flexibility index (Phi) is 5.85. The number of methoxy groups -OCH3 is 2. The van der Waals surface area contributed by atoms with Crippen LogP contribution in [0.3, 0.4) is 0 Å². The number of carbonyl (C=O) groups excluding carboxylic acids is 1. The number of benzene rings is 2. The van der Waals surface area contributed by atoms with E-state index >= 15 is 0 Å². The highest BCUT2D eigenvalue weighted by Gasteiger charge is 2.14. The van der Waals surface area contributed by atoms with Gasteiger partial charge in [-0.2, -0.15) is 0 Å². The first kappa shape index (κ1) is 18.1.